The molecule has 5 heteroatoms. The van der Waals surface area contributed by atoms with Crippen LogP contribution in [0.3, 0.4) is 0 Å². The largest absolute Gasteiger partial charge is 0.508 e. The lowest BCUT2D eigenvalue weighted by atomic mass is 10.1. The molecule has 4 nitrogen and oxygen atoms in total. The summed E-state index contributed by atoms with van der Waals surface area (Å²) in [6.45, 7) is 0. The highest BCUT2D eigenvalue weighted by molar-refractivity contribution is 6.37. The van der Waals surface area contributed by atoms with Crippen molar-refractivity contribution in [3.8, 4) is 17.0 Å². The van der Waals surface area contributed by atoms with Gasteiger partial charge < -0.3 is 14.5 Å². The number of phenolic OH excluding ortho intramolecular Hbond substituents is 1. The summed E-state index contributed by atoms with van der Waals surface area (Å²) in [5.74, 6) is 0.216. The number of oxazole rings is 1. The van der Waals surface area contributed by atoms with Gasteiger partial charge in [0.1, 0.15) is 10.8 Å². The molecule has 0 atom stereocenters. The predicted octanol–water partition coefficient (Wildman–Crippen LogP) is 3.18. The molecule has 0 aliphatic carbocycles. The Hall–Kier alpha value is -1.94. The number of hydrogen-bond donors (Lipinski definition) is 2. The van der Waals surface area contributed by atoms with Gasteiger partial charge in [-0.25, -0.2) is 0 Å². The number of fused-ring (bicyclic) bond motifs is 1. The first-order valence-corrected chi connectivity index (χ1v) is 5.03. The molecule has 0 aliphatic rings. The van der Waals surface area contributed by atoms with E-state index in [9.17, 15) is 5.11 Å². The topological polar surface area (TPSA) is 62.0 Å². The first kappa shape index (κ1) is 9.30. The van der Waals surface area contributed by atoms with E-state index in [-0.39, 0.29) is 5.75 Å². The van der Waals surface area contributed by atoms with Gasteiger partial charge in [-0.3, -0.25) is 0 Å². The Labute approximate surface area is 95.5 Å². The van der Waals surface area contributed by atoms with Gasteiger partial charge in [0.2, 0.25) is 0 Å². The number of aromatic nitrogens is 2. The molecule has 0 aliphatic heterocycles. The summed E-state index contributed by atoms with van der Waals surface area (Å²) in [6.07, 6.45) is 1.34. The van der Waals surface area contributed by atoms with Crippen molar-refractivity contribution in [3.05, 3.63) is 35.7 Å². The summed E-state index contributed by atoms with van der Waals surface area (Å²) >= 11 is 6.15. The smallest absolute Gasteiger partial charge is 0.192 e. The number of nitrogens with one attached hydrogen (secondary N) is 1. The summed E-state index contributed by atoms with van der Waals surface area (Å²) in [6, 6.07) is 6.74. The zero-order chi connectivity index (χ0) is 11.1. The summed E-state index contributed by atoms with van der Waals surface area (Å²) in [5, 5.41) is 9.70. The number of halogens is 1. The van der Waals surface area contributed by atoms with Crippen molar-refractivity contribution >= 4 is 22.8 Å². The number of phenols is 1. The Kier molecular flexibility index (Phi) is 1.91. The maximum atomic E-state index is 9.20. The van der Waals surface area contributed by atoms with Crippen LogP contribution in [0.1, 0.15) is 0 Å². The van der Waals surface area contributed by atoms with Gasteiger partial charge in [0.05, 0.1) is 5.69 Å². The number of aromatic hydroxyl groups is 1. The van der Waals surface area contributed by atoms with Gasteiger partial charge in [-0.05, 0) is 29.8 Å². The first-order valence-electron chi connectivity index (χ1n) is 4.66. The molecule has 0 saturated carbocycles. The summed E-state index contributed by atoms with van der Waals surface area (Å²) in [4.78, 5) is 7.05. The van der Waals surface area contributed by atoms with Crippen LogP contribution in [0.5, 0.6) is 5.75 Å². The van der Waals surface area contributed by atoms with E-state index in [2.05, 4.69) is 9.97 Å². The highest BCUT2D eigenvalue weighted by Crippen LogP contribution is 2.34. The van der Waals surface area contributed by atoms with E-state index in [4.69, 9.17) is 16.0 Å². The standard InChI is InChI=1S/C11H7ClN2O2/c12-8-9(6-1-3-7(15)4-2-6)14-11-10(8)16-5-13-11/h1-5,14-15H. The highest BCUT2D eigenvalue weighted by atomic mass is 35.5. The first-order chi connectivity index (χ1) is 7.75. The average Bonchev–Trinajstić information content (AvgIpc) is 2.84. The Morgan fingerprint density at radius 3 is 2.69 bits per heavy atom. The highest BCUT2D eigenvalue weighted by Gasteiger charge is 2.14. The van der Waals surface area contributed by atoms with Crippen LogP contribution in [-0.2, 0) is 0 Å². The molecule has 3 aromatic rings. The molecule has 2 aromatic heterocycles. The molecule has 0 radical (unpaired) electrons. The maximum absolute atomic E-state index is 9.20. The van der Waals surface area contributed by atoms with Crippen LogP contribution in [-0.4, -0.2) is 15.1 Å². The van der Waals surface area contributed by atoms with Crippen molar-refractivity contribution in [2.75, 3.05) is 0 Å². The molecule has 0 fully saturated rings. The van der Waals surface area contributed by atoms with E-state index >= 15 is 0 Å². The van der Waals surface area contributed by atoms with Gasteiger partial charge in [0, 0.05) is 0 Å². The van der Waals surface area contributed by atoms with E-state index in [1.807, 2.05) is 0 Å². The van der Waals surface area contributed by atoms with Crippen LogP contribution >= 0.6 is 11.6 Å². The van der Waals surface area contributed by atoms with Gasteiger partial charge in [-0.15, -0.1) is 0 Å². The summed E-state index contributed by atoms with van der Waals surface area (Å²) < 4.78 is 5.15. The van der Waals surface area contributed by atoms with E-state index in [1.54, 1.807) is 24.3 Å². The van der Waals surface area contributed by atoms with Gasteiger partial charge in [-0.2, -0.15) is 4.98 Å². The van der Waals surface area contributed by atoms with Crippen LogP contribution < -0.4 is 0 Å². The van der Waals surface area contributed by atoms with Crippen molar-refractivity contribution in [3.63, 3.8) is 0 Å². The molecule has 80 valence electrons. The minimum absolute atomic E-state index is 0.216. The second-order valence-corrected chi connectivity index (χ2v) is 3.77. The number of aromatic amines is 1. The zero-order valence-electron chi connectivity index (χ0n) is 8.07. The molecule has 3 rings (SSSR count). The molecule has 0 spiro atoms. The summed E-state index contributed by atoms with van der Waals surface area (Å²) in [5.41, 5.74) is 2.78. The lowest BCUT2D eigenvalue weighted by molar-refractivity contribution is 0.475. The third-order valence-corrected chi connectivity index (χ3v) is 2.75. The Morgan fingerprint density at radius 1 is 1.25 bits per heavy atom. The molecule has 0 amide bonds. The number of H-pyrrole nitrogens is 1. The van der Waals surface area contributed by atoms with E-state index in [0.717, 1.165) is 11.3 Å². The van der Waals surface area contributed by atoms with Crippen LogP contribution in [0, 0.1) is 0 Å². The number of hydrogen-bond acceptors (Lipinski definition) is 3. The fourth-order valence-electron chi connectivity index (χ4n) is 1.60. The third kappa shape index (κ3) is 1.27. The van der Waals surface area contributed by atoms with Gasteiger partial charge in [0.15, 0.2) is 17.6 Å². The molecule has 0 unspecified atom stereocenters. The van der Waals surface area contributed by atoms with Crippen molar-refractivity contribution in [1.82, 2.24) is 9.97 Å². The van der Waals surface area contributed by atoms with Gasteiger partial charge in [-0.1, -0.05) is 11.6 Å². The van der Waals surface area contributed by atoms with Crippen molar-refractivity contribution < 1.29 is 9.52 Å². The van der Waals surface area contributed by atoms with Crippen molar-refractivity contribution in [1.29, 1.82) is 0 Å². The van der Waals surface area contributed by atoms with Crippen molar-refractivity contribution in [2.24, 2.45) is 0 Å². The quantitative estimate of drug-likeness (QED) is 0.680. The monoisotopic (exact) mass is 234 g/mol. The molecule has 0 saturated heterocycles. The minimum atomic E-state index is 0.216. The zero-order valence-corrected chi connectivity index (χ0v) is 8.82. The molecular formula is C11H7ClN2O2. The fourth-order valence-corrected chi connectivity index (χ4v) is 1.90. The molecule has 1 aromatic carbocycles. The Morgan fingerprint density at radius 2 is 2.00 bits per heavy atom. The predicted molar refractivity (Wildman–Crippen MR) is 60.5 cm³/mol. The SMILES string of the molecule is Oc1ccc(-c2[nH]c3ncoc3c2Cl)cc1. The van der Waals surface area contributed by atoms with Gasteiger partial charge in [0.25, 0.3) is 0 Å². The third-order valence-electron chi connectivity index (χ3n) is 2.39. The fraction of sp³-hybridized carbons (Fsp3) is 0. The maximum Gasteiger partial charge on any atom is 0.192 e. The van der Waals surface area contributed by atoms with Crippen LogP contribution in [0.4, 0.5) is 0 Å². The Bertz CT molecular complexity index is 640. The van der Waals surface area contributed by atoms with Gasteiger partial charge >= 0.3 is 0 Å². The molecule has 0 bridgehead atoms. The second kappa shape index (κ2) is 3.28. The molecule has 16 heavy (non-hydrogen) atoms. The number of rotatable bonds is 1. The molecule has 2 heterocycles. The molecule has 2 N–H and O–H groups in total. The van der Waals surface area contributed by atoms with Crippen LogP contribution in [0.15, 0.2) is 35.1 Å². The second-order valence-electron chi connectivity index (χ2n) is 3.39. The normalized spacial score (nSPS) is 11.1. The van der Waals surface area contributed by atoms with Crippen LogP contribution in [0.25, 0.3) is 22.5 Å². The lowest BCUT2D eigenvalue weighted by Gasteiger charge is -1.98. The van der Waals surface area contributed by atoms with E-state index < -0.39 is 0 Å². The van der Waals surface area contributed by atoms with E-state index in [0.29, 0.717) is 16.3 Å². The lowest BCUT2D eigenvalue weighted by Crippen LogP contribution is -1.78. The molecular weight excluding hydrogens is 228 g/mol. The summed E-state index contributed by atoms with van der Waals surface area (Å²) in [7, 11) is 0. The average molecular weight is 235 g/mol. The number of nitrogens with zero attached hydrogens (tertiary/aromatic N) is 1. The van der Waals surface area contributed by atoms with Crippen LogP contribution in [0.2, 0.25) is 5.02 Å². The van der Waals surface area contributed by atoms with Crippen molar-refractivity contribution in [2.45, 2.75) is 0 Å². The minimum Gasteiger partial charge on any atom is -0.508 e. The number of benzene rings is 1. The Balaban J connectivity index is 2.21. The van der Waals surface area contributed by atoms with E-state index in [1.165, 1.54) is 6.39 Å².